The molecule has 0 aliphatic carbocycles. The average Bonchev–Trinajstić information content (AvgIpc) is 2.37. The molecule has 18 heavy (non-hydrogen) atoms. The summed E-state index contributed by atoms with van der Waals surface area (Å²) in [6.07, 6.45) is 1.84. The highest BCUT2D eigenvalue weighted by Crippen LogP contribution is 2.14. The number of pyridine rings is 1. The first-order valence-electron chi connectivity index (χ1n) is 6.16. The van der Waals surface area contributed by atoms with E-state index < -0.39 is 0 Å². The first-order valence-corrected chi connectivity index (χ1v) is 6.16. The molecule has 0 saturated heterocycles. The molecule has 0 N–H and O–H groups in total. The molecule has 0 fully saturated rings. The molecule has 2 aromatic rings. The SMILES string of the molecule is CC(C)C(=O)N(C)Cc1cnc2ccccc2c1. The van der Waals surface area contributed by atoms with Crippen LogP contribution in [0.3, 0.4) is 0 Å². The highest BCUT2D eigenvalue weighted by atomic mass is 16.2. The van der Waals surface area contributed by atoms with Crippen LogP contribution in [0.1, 0.15) is 19.4 Å². The van der Waals surface area contributed by atoms with Crippen LogP contribution in [-0.4, -0.2) is 22.8 Å². The molecule has 0 aliphatic rings. The van der Waals surface area contributed by atoms with E-state index in [1.165, 1.54) is 0 Å². The minimum atomic E-state index is 0.0309. The van der Waals surface area contributed by atoms with E-state index in [0.29, 0.717) is 6.54 Å². The van der Waals surface area contributed by atoms with Crippen molar-refractivity contribution in [2.45, 2.75) is 20.4 Å². The second-order valence-corrected chi connectivity index (χ2v) is 4.89. The zero-order chi connectivity index (χ0) is 13.1. The summed E-state index contributed by atoms with van der Waals surface area (Å²) >= 11 is 0. The molecule has 0 saturated carbocycles. The third kappa shape index (κ3) is 2.67. The van der Waals surface area contributed by atoms with Gasteiger partial charge in [-0.2, -0.15) is 0 Å². The fourth-order valence-electron chi connectivity index (χ4n) is 2.00. The molecule has 1 amide bonds. The molecule has 3 nitrogen and oxygen atoms in total. The zero-order valence-corrected chi connectivity index (χ0v) is 11.1. The van der Waals surface area contributed by atoms with E-state index in [1.807, 2.05) is 51.4 Å². The fourth-order valence-corrected chi connectivity index (χ4v) is 2.00. The van der Waals surface area contributed by atoms with Crippen LogP contribution in [-0.2, 0) is 11.3 Å². The highest BCUT2D eigenvalue weighted by Gasteiger charge is 2.13. The van der Waals surface area contributed by atoms with Gasteiger partial charge in [-0.1, -0.05) is 32.0 Å². The Hall–Kier alpha value is -1.90. The summed E-state index contributed by atoms with van der Waals surface area (Å²) in [4.78, 5) is 18.0. The number of carbonyl (C=O) groups excluding carboxylic acids is 1. The van der Waals surface area contributed by atoms with Crippen molar-refractivity contribution < 1.29 is 4.79 Å². The maximum absolute atomic E-state index is 11.8. The van der Waals surface area contributed by atoms with E-state index in [-0.39, 0.29) is 11.8 Å². The molecular formula is C15H18N2O. The van der Waals surface area contributed by atoms with Gasteiger partial charge in [0.2, 0.25) is 5.91 Å². The van der Waals surface area contributed by atoms with E-state index in [2.05, 4.69) is 11.1 Å². The minimum absolute atomic E-state index is 0.0309. The second-order valence-electron chi connectivity index (χ2n) is 4.89. The molecule has 0 radical (unpaired) electrons. The number of nitrogens with zero attached hydrogens (tertiary/aromatic N) is 2. The molecule has 1 aromatic heterocycles. The normalized spacial score (nSPS) is 10.9. The third-order valence-corrected chi connectivity index (χ3v) is 2.94. The number of fused-ring (bicyclic) bond motifs is 1. The lowest BCUT2D eigenvalue weighted by molar-refractivity contribution is -0.133. The van der Waals surface area contributed by atoms with Crippen molar-refractivity contribution in [1.29, 1.82) is 0 Å². The first kappa shape index (κ1) is 12.6. The number of para-hydroxylation sites is 1. The van der Waals surface area contributed by atoms with Crippen molar-refractivity contribution in [3.8, 4) is 0 Å². The van der Waals surface area contributed by atoms with E-state index in [4.69, 9.17) is 0 Å². The minimum Gasteiger partial charge on any atom is -0.341 e. The molecule has 2 rings (SSSR count). The Morgan fingerprint density at radius 3 is 2.78 bits per heavy atom. The lowest BCUT2D eigenvalue weighted by Gasteiger charge is -2.19. The van der Waals surface area contributed by atoms with E-state index in [9.17, 15) is 4.79 Å². The van der Waals surface area contributed by atoms with Crippen LogP contribution < -0.4 is 0 Å². The summed E-state index contributed by atoms with van der Waals surface area (Å²) in [6.45, 7) is 4.43. The predicted molar refractivity (Wildman–Crippen MR) is 73.1 cm³/mol. The Labute approximate surface area is 107 Å². The van der Waals surface area contributed by atoms with Gasteiger partial charge in [0, 0.05) is 31.1 Å². The van der Waals surface area contributed by atoms with Crippen LogP contribution in [0.25, 0.3) is 10.9 Å². The van der Waals surface area contributed by atoms with Gasteiger partial charge in [0.15, 0.2) is 0 Å². The lowest BCUT2D eigenvalue weighted by Crippen LogP contribution is -2.29. The fraction of sp³-hybridized carbons (Fsp3) is 0.333. The Kier molecular flexibility index (Phi) is 3.60. The van der Waals surface area contributed by atoms with Crippen molar-refractivity contribution in [3.63, 3.8) is 0 Å². The van der Waals surface area contributed by atoms with Crippen molar-refractivity contribution >= 4 is 16.8 Å². The number of benzene rings is 1. The number of rotatable bonds is 3. The average molecular weight is 242 g/mol. The van der Waals surface area contributed by atoms with Gasteiger partial charge >= 0.3 is 0 Å². The topological polar surface area (TPSA) is 33.2 Å². The number of amides is 1. The Morgan fingerprint density at radius 1 is 1.33 bits per heavy atom. The molecule has 1 heterocycles. The van der Waals surface area contributed by atoms with E-state index in [0.717, 1.165) is 16.5 Å². The van der Waals surface area contributed by atoms with Crippen molar-refractivity contribution in [3.05, 3.63) is 42.1 Å². The maximum atomic E-state index is 11.8. The monoisotopic (exact) mass is 242 g/mol. The van der Waals surface area contributed by atoms with Crippen LogP contribution in [0, 0.1) is 5.92 Å². The number of carbonyl (C=O) groups is 1. The van der Waals surface area contributed by atoms with Gasteiger partial charge in [0.25, 0.3) is 0 Å². The quantitative estimate of drug-likeness (QED) is 0.829. The second kappa shape index (κ2) is 5.17. The van der Waals surface area contributed by atoms with E-state index in [1.54, 1.807) is 4.90 Å². The van der Waals surface area contributed by atoms with Gasteiger partial charge in [0.1, 0.15) is 0 Å². The summed E-state index contributed by atoms with van der Waals surface area (Å²) in [5, 5.41) is 1.11. The molecule has 94 valence electrons. The Balaban J connectivity index is 2.19. The van der Waals surface area contributed by atoms with Gasteiger partial charge in [0.05, 0.1) is 5.52 Å². The number of aromatic nitrogens is 1. The summed E-state index contributed by atoms with van der Waals surface area (Å²) in [6, 6.07) is 10.1. The first-order chi connectivity index (χ1) is 8.58. The molecule has 3 heteroatoms. The van der Waals surface area contributed by atoms with E-state index >= 15 is 0 Å². The van der Waals surface area contributed by atoms with Gasteiger partial charge < -0.3 is 4.90 Å². The highest BCUT2D eigenvalue weighted by molar-refractivity contribution is 5.79. The van der Waals surface area contributed by atoms with Crippen LogP contribution in [0.5, 0.6) is 0 Å². The Bertz CT molecular complexity index is 563. The van der Waals surface area contributed by atoms with Gasteiger partial charge in [-0.15, -0.1) is 0 Å². The summed E-state index contributed by atoms with van der Waals surface area (Å²) in [5.74, 6) is 0.187. The molecule has 0 unspecified atom stereocenters. The third-order valence-electron chi connectivity index (χ3n) is 2.94. The van der Waals surface area contributed by atoms with Crippen LogP contribution in [0.2, 0.25) is 0 Å². The summed E-state index contributed by atoms with van der Waals surface area (Å²) in [5.41, 5.74) is 2.05. The van der Waals surface area contributed by atoms with Crippen molar-refractivity contribution in [1.82, 2.24) is 9.88 Å². The zero-order valence-electron chi connectivity index (χ0n) is 11.1. The van der Waals surface area contributed by atoms with Crippen LogP contribution >= 0.6 is 0 Å². The van der Waals surface area contributed by atoms with Crippen LogP contribution in [0.4, 0.5) is 0 Å². The van der Waals surface area contributed by atoms with Crippen molar-refractivity contribution in [2.24, 2.45) is 5.92 Å². The molecule has 0 spiro atoms. The Morgan fingerprint density at radius 2 is 2.06 bits per heavy atom. The maximum Gasteiger partial charge on any atom is 0.225 e. The summed E-state index contributed by atoms with van der Waals surface area (Å²) < 4.78 is 0. The number of hydrogen-bond donors (Lipinski definition) is 0. The molecule has 0 aliphatic heterocycles. The smallest absolute Gasteiger partial charge is 0.225 e. The molecule has 0 atom stereocenters. The summed E-state index contributed by atoms with van der Waals surface area (Å²) in [7, 11) is 1.83. The largest absolute Gasteiger partial charge is 0.341 e. The van der Waals surface area contributed by atoms with Gasteiger partial charge in [-0.3, -0.25) is 9.78 Å². The number of hydrogen-bond acceptors (Lipinski definition) is 2. The lowest BCUT2D eigenvalue weighted by atomic mass is 10.1. The molecule has 0 bridgehead atoms. The predicted octanol–water partition coefficient (Wildman–Crippen LogP) is 2.85. The molecular weight excluding hydrogens is 224 g/mol. The van der Waals surface area contributed by atoms with Crippen LogP contribution in [0.15, 0.2) is 36.5 Å². The molecule has 1 aromatic carbocycles. The van der Waals surface area contributed by atoms with Gasteiger partial charge in [-0.05, 0) is 17.7 Å². The standard InChI is InChI=1S/C15H18N2O/c1-11(2)15(18)17(3)10-12-8-13-6-4-5-7-14(13)16-9-12/h4-9,11H,10H2,1-3H3. The van der Waals surface area contributed by atoms with Gasteiger partial charge in [-0.25, -0.2) is 0 Å². The van der Waals surface area contributed by atoms with Crippen molar-refractivity contribution in [2.75, 3.05) is 7.05 Å².